The number of nitrogens with one attached hydrogen (secondary N) is 2. The number of carbonyl (C=O) groups is 3. The maximum atomic E-state index is 12.5. The first-order chi connectivity index (χ1) is 13.0. The predicted molar refractivity (Wildman–Crippen MR) is 106 cm³/mol. The van der Waals surface area contributed by atoms with Crippen LogP contribution in [0.25, 0.3) is 6.08 Å². The molecule has 7 heteroatoms. The summed E-state index contributed by atoms with van der Waals surface area (Å²) < 4.78 is 0. The van der Waals surface area contributed by atoms with Crippen molar-refractivity contribution in [3.63, 3.8) is 0 Å². The lowest BCUT2D eigenvalue weighted by Crippen LogP contribution is -2.38. The first-order valence-electron chi connectivity index (χ1n) is 8.31. The highest BCUT2D eigenvalue weighted by molar-refractivity contribution is 7.98. The molecule has 1 fully saturated rings. The van der Waals surface area contributed by atoms with Crippen molar-refractivity contribution in [3.8, 4) is 0 Å². The average Bonchev–Trinajstić information content (AvgIpc) is 2.90. The topological polar surface area (TPSA) is 78.5 Å². The van der Waals surface area contributed by atoms with Crippen molar-refractivity contribution < 1.29 is 14.4 Å². The van der Waals surface area contributed by atoms with E-state index in [1.807, 2.05) is 55.6 Å². The second-order valence-electron chi connectivity index (χ2n) is 6.07. The lowest BCUT2D eigenvalue weighted by molar-refractivity contribution is -0.127. The lowest BCUT2D eigenvalue weighted by Gasteiger charge is -2.12. The van der Waals surface area contributed by atoms with Crippen LogP contribution in [0, 0.1) is 6.92 Å². The normalized spacial score (nSPS) is 15.2. The molecule has 6 nitrogen and oxygen atoms in total. The summed E-state index contributed by atoms with van der Waals surface area (Å²) >= 11 is 1.62. The summed E-state index contributed by atoms with van der Waals surface area (Å²) in [6, 6.07) is 14.3. The highest BCUT2D eigenvalue weighted by Gasteiger charge is 2.34. The van der Waals surface area contributed by atoms with Gasteiger partial charge in [-0.05, 0) is 54.6 Å². The van der Waals surface area contributed by atoms with Crippen molar-refractivity contribution in [2.45, 2.75) is 11.8 Å². The van der Waals surface area contributed by atoms with Crippen molar-refractivity contribution in [1.29, 1.82) is 0 Å². The summed E-state index contributed by atoms with van der Waals surface area (Å²) in [6.07, 6.45) is 3.58. The highest BCUT2D eigenvalue weighted by atomic mass is 32.2. The van der Waals surface area contributed by atoms with Crippen LogP contribution < -0.4 is 10.6 Å². The number of carbonyl (C=O) groups excluding carboxylic acids is 3. The Bertz CT molecular complexity index is 922. The molecule has 0 radical (unpaired) electrons. The molecule has 4 amide bonds. The Labute approximate surface area is 161 Å². The average molecular weight is 381 g/mol. The summed E-state index contributed by atoms with van der Waals surface area (Å²) in [6.45, 7) is 1.57. The molecule has 0 saturated carbocycles. The van der Waals surface area contributed by atoms with Crippen LogP contribution in [0.3, 0.4) is 0 Å². The Morgan fingerprint density at radius 1 is 1.19 bits per heavy atom. The zero-order chi connectivity index (χ0) is 19.4. The molecule has 0 atom stereocenters. The number of anilines is 1. The molecule has 1 heterocycles. The second kappa shape index (κ2) is 8.09. The molecular weight excluding hydrogens is 362 g/mol. The van der Waals surface area contributed by atoms with E-state index in [1.165, 1.54) is 0 Å². The Hall–Kier alpha value is -3.06. The maximum absolute atomic E-state index is 12.5. The third-order valence-corrected chi connectivity index (χ3v) is 4.74. The van der Waals surface area contributed by atoms with Gasteiger partial charge in [0.2, 0.25) is 5.91 Å². The van der Waals surface area contributed by atoms with Gasteiger partial charge in [0, 0.05) is 10.6 Å². The van der Waals surface area contributed by atoms with Gasteiger partial charge in [-0.15, -0.1) is 11.8 Å². The zero-order valence-electron chi connectivity index (χ0n) is 15.0. The molecule has 2 aromatic carbocycles. The van der Waals surface area contributed by atoms with E-state index in [2.05, 4.69) is 10.6 Å². The monoisotopic (exact) mass is 381 g/mol. The molecule has 1 aliphatic rings. The van der Waals surface area contributed by atoms with Gasteiger partial charge in [0.15, 0.2) is 0 Å². The number of benzene rings is 2. The van der Waals surface area contributed by atoms with E-state index >= 15 is 0 Å². The number of rotatable bonds is 5. The molecule has 3 rings (SSSR count). The molecular formula is C20H19N3O3S. The predicted octanol–water partition coefficient (Wildman–Crippen LogP) is 3.25. The summed E-state index contributed by atoms with van der Waals surface area (Å²) in [4.78, 5) is 38.8. The van der Waals surface area contributed by atoms with Crippen LogP contribution >= 0.6 is 11.8 Å². The zero-order valence-corrected chi connectivity index (χ0v) is 15.8. The number of nitrogens with zero attached hydrogens (tertiary/aromatic N) is 1. The van der Waals surface area contributed by atoms with E-state index < -0.39 is 17.8 Å². The number of amides is 4. The van der Waals surface area contributed by atoms with E-state index in [4.69, 9.17) is 0 Å². The lowest BCUT2D eigenvalue weighted by atomic mass is 10.2. The van der Waals surface area contributed by atoms with Crippen molar-refractivity contribution in [3.05, 3.63) is 65.4 Å². The third-order valence-electron chi connectivity index (χ3n) is 3.99. The van der Waals surface area contributed by atoms with E-state index in [0.717, 1.165) is 20.9 Å². The number of thioether (sulfide) groups is 1. The van der Waals surface area contributed by atoms with Crippen molar-refractivity contribution in [2.75, 3.05) is 18.1 Å². The first-order valence-corrected chi connectivity index (χ1v) is 9.54. The molecule has 0 unspecified atom stereocenters. The minimum absolute atomic E-state index is 0.153. The smallest absolute Gasteiger partial charge is 0.325 e. The molecule has 1 aliphatic heterocycles. The highest BCUT2D eigenvalue weighted by Crippen LogP contribution is 2.18. The fraction of sp³-hybridized carbons (Fsp3) is 0.150. The summed E-state index contributed by atoms with van der Waals surface area (Å²) in [7, 11) is 0. The van der Waals surface area contributed by atoms with E-state index in [9.17, 15) is 14.4 Å². The Kier molecular flexibility index (Phi) is 5.61. The van der Waals surface area contributed by atoms with Crippen molar-refractivity contribution in [1.82, 2.24) is 10.2 Å². The molecule has 0 aliphatic carbocycles. The molecule has 138 valence electrons. The van der Waals surface area contributed by atoms with Crippen LogP contribution in [0.4, 0.5) is 10.5 Å². The molecule has 0 spiro atoms. The van der Waals surface area contributed by atoms with Crippen LogP contribution in [-0.2, 0) is 9.59 Å². The van der Waals surface area contributed by atoms with Crippen LogP contribution in [0.1, 0.15) is 11.1 Å². The Morgan fingerprint density at radius 3 is 2.59 bits per heavy atom. The fourth-order valence-corrected chi connectivity index (χ4v) is 3.06. The number of imide groups is 1. The quantitative estimate of drug-likeness (QED) is 0.473. The van der Waals surface area contributed by atoms with Crippen LogP contribution in [0.5, 0.6) is 0 Å². The van der Waals surface area contributed by atoms with Gasteiger partial charge in [-0.3, -0.25) is 9.59 Å². The largest absolute Gasteiger partial charge is 0.329 e. The van der Waals surface area contributed by atoms with Gasteiger partial charge in [-0.25, -0.2) is 9.69 Å². The van der Waals surface area contributed by atoms with Crippen molar-refractivity contribution in [2.24, 2.45) is 0 Å². The molecule has 27 heavy (non-hydrogen) atoms. The Balaban J connectivity index is 1.68. The first kappa shape index (κ1) is 18.7. The number of hydrogen-bond acceptors (Lipinski definition) is 4. The van der Waals surface area contributed by atoms with Crippen LogP contribution in [-0.4, -0.2) is 35.5 Å². The van der Waals surface area contributed by atoms with Crippen molar-refractivity contribution >= 4 is 41.4 Å². The number of hydrogen-bond donors (Lipinski definition) is 2. The van der Waals surface area contributed by atoms with Crippen LogP contribution in [0.2, 0.25) is 0 Å². The molecule has 2 aromatic rings. The summed E-state index contributed by atoms with van der Waals surface area (Å²) in [5, 5.41) is 5.22. The molecule has 0 aromatic heterocycles. The maximum Gasteiger partial charge on any atom is 0.329 e. The number of urea groups is 1. The van der Waals surface area contributed by atoms with Gasteiger partial charge in [0.05, 0.1) is 0 Å². The summed E-state index contributed by atoms with van der Waals surface area (Å²) in [5.74, 6) is -0.956. The van der Waals surface area contributed by atoms with Gasteiger partial charge in [-0.1, -0.05) is 24.3 Å². The minimum atomic E-state index is -0.605. The van der Waals surface area contributed by atoms with Gasteiger partial charge >= 0.3 is 6.03 Å². The number of aryl methyl sites for hydroxylation is 1. The molecule has 2 N–H and O–H groups in total. The van der Waals surface area contributed by atoms with Gasteiger partial charge < -0.3 is 10.6 Å². The van der Waals surface area contributed by atoms with E-state index in [0.29, 0.717) is 5.69 Å². The van der Waals surface area contributed by atoms with Gasteiger partial charge in [0.1, 0.15) is 12.2 Å². The van der Waals surface area contributed by atoms with Gasteiger partial charge in [-0.2, -0.15) is 0 Å². The molecule has 1 saturated heterocycles. The van der Waals surface area contributed by atoms with E-state index in [-0.39, 0.29) is 12.2 Å². The van der Waals surface area contributed by atoms with Crippen LogP contribution in [0.15, 0.2) is 59.1 Å². The standard InChI is InChI=1S/C20H19N3O3S/c1-13-4-3-5-15(10-13)21-18(24)12-23-19(25)17(22-20(23)26)11-14-6-8-16(27-2)9-7-14/h3-11H,12H2,1-2H3,(H,21,24)(H,22,26)/b17-11-. The summed E-state index contributed by atoms with van der Waals surface area (Å²) in [5.41, 5.74) is 2.57. The fourth-order valence-electron chi connectivity index (χ4n) is 2.65. The molecule has 0 bridgehead atoms. The second-order valence-corrected chi connectivity index (χ2v) is 6.95. The SMILES string of the molecule is CSc1ccc(/C=C2\NC(=O)N(CC(=O)Nc3cccc(C)c3)C2=O)cc1. The van der Waals surface area contributed by atoms with Gasteiger partial charge in [0.25, 0.3) is 5.91 Å². The van der Waals surface area contributed by atoms with E-state index in [1.54, 1.807) is 23.9 Å². The Morgan fingerprint density at radius 2 is 1.93 bits per heavy atom. The third kappa shape index (κ3) is 4.57. The minimum Gasteiger partial charge on any atom is -0.325 e.